The molecule has 4 amide bonds. The number of methoxy groups -OCH3 is 1. The highest BCUT2D eigenvalue weighted by atomic mass is 16.5. The van der Waals surface area contributed by atoms with Gasteiger partial charge in [0, 0.05) is 87.8 Å². The molecule has 17 nitrogen and oxygen atoms in total. The lowest BCUT2D eigenvalue weighted by atomic mass is 9.84. The van der Waals surface area contributed by atoms with Gasteiger partial charge in [-0.25, -0.2) is 5.43 Å². The van der Waals surface area contributed by atoms with Crippen molar-refractivity contribution in [2.45, 2.75) is 104 Å². The number of esters is 1. The predicted octanol–water partition coefficient (Wildman–Crippen LogP) is 4.72. The minimum atomic E-state index is -1.18. The zero-order chi connectivity index (χ0) is 50.2. The van der Waals surface area contributed by atoms with Crippen molar-refractivity contribution in [3.8, 4) is 28.1 Å². The van der Waals surface area contributed by atoms with Crippen LogP contribution in [-0.2, 0) is 57.6 Å². The number of amides is 4. The van der Waals surface area contributed by atoms with Crippen LogP contribution in [0.4, 0.5) is 0 Å². The van der Waals surface area contributed by atoms with Gasteiger partial charge in [0.1, 0.15) is 29.9 Å². The molecule has 3 fully saturated rings. The third-order valence-electron chi connectivity index (χ3n) is 14.3. The molecule has 6 bridgehead atoms. The number of benzene rings is 2. The number of phenolic OH excluding ortho intramolecular Hbond substituents is 1. The fourth-order valence-corrected chi connectivity index (χ4v) is 10.4. The minimum absolute atomic E-state index is 0.0180. The number of fused-ring (bicyclic) bond motifs is 6. The number of pyridine rings is 1. The van der Waals surface area contributed by atoms with Crippen LogP contribution in [0.1, 0.15) is 77.3 Å². The topological polar surface area (TPSA) is 188 Å². The molecule has 0 saturated carbocycles. The SMILES string of the molecule is CCn1c(-c2cccnc2[C@H](C)OC)c2c3cc(ccc31)-c1cc(O)cc(c1)C[C@H](NC(=O)[C@H](C(C)C)N(C)C(=O)CN(C)C(=O)[C@@H]1CN1CC1COC1)C(=O)N1CCC[C@H](N1)C(=O)OCC(C)(C)C2. The van der Waals surface area contributed by atoms with Crippen LogP contribution in [0.15, 0.2) is 54.7 Å². The summed E-state index contributed by atoms with van der Waals surface area (Å²) in [5.74, 6) is -2.09. The standard InChI is InChI=1S/C53H70N8O9/c1-10-60-43-16-15-35-23-39(43)40(48(60)38-13-11-17-54-46(38)32(4)68-9)24-53(5,6)30-70-52(67)41-14-12-18-61(56-41)50(65)42(21-33-19-36(35)22-37(62)20-33)55-49(64)47(31(2)3)58(8)45(63)27-57(7)51(66)44-26-59(44)25-34-28-69-29-34/h11,13,15-17,19-20,22-23,31-32,34,41-42,44,47,56,62H,10,12,14,18,21,24-30H2,1-9H3,(H,55,64)/t32-,41-,42-,44-,47-,59?/m0/s1. The van der Waals surface area contributed by atoms with Crippen molar-refractivity contribution >= 4 is 40.5 Å². The van der Waals surface area contributed by atoms with E-state index in [0.717, 1.165) is 45.5 Å². The van der Waals surface area contributed by atoms with Crippen LogP contribution >= 0.6 is 0 Å². The van der Waals surface area contributed by atoms with Crippen LogP contribution < -0.4 is 10.7 Å². The number of hydrogen-bond donors (Lipinski definition) is 3. The fraction of sp³-hybridized carbons (Fsp3) is 0.547. The van der Waals surface area contributed by atoms with Crippen molar-refractivity contribution in [2.24, 2.45) is 17.3 Å². The number of carbonyl (C=O) groups excluding carboxylic acids is 5. The molecule has 4 aliphatic heterocycles. The first-order valence-electron chi connectivity index (χ1n) is 24.7. The van der Waals surface area contributed by atoms with Crippen LogP contribution in [-0.4, -0.2) is 155 Å². The second-order valence-corrected chi connectivity index (χ2v) is 20.8. The summed E-state index contributed by atoms with van der Waals surface area (Å²) >= 11 is 0. The lowest BCUT2D eigenvalue weighted by Gasteiger charge is -2.37. The Morgan fingerprint density at radius 2 is 1.83 bits per heavy atom. The van der Waals surface area contributed by atoms with Gasteiger partial charge in [-0.1, -0.05) is 39.8 Å². The van der Waals surface area contributed by atoms with Crippen molar-refractivity contribution in [3.63, 3.8) is 0 Å². The van der Waals surface area contributed by atoms with Gasteiger partial charge in [0.2, 0.25) is 17.7 Å². The zero-order valence-electron chi connectivity index (χ0n) is 42.1. The van der Waals surface area contributed by atoms with Gasteiger partial charge in [-0.3, -0.25) is 38.9 Å². The molecule has 4 aliphatic rings. The number of phenols is 1. The third-order valence-corrected chi connectivity index (χ3v) is 14.3. The molecule has 0 aliphatic carbocycles. The van der Waals surface area contributed by atoms with Crippen LogP contribution in [0.5, 0.6) is 5.75 Å². The van der Waals surface area contributed by atoms with E-state index < -0.39 is 47.2 Å². The number of likely N-dealkylation sites (N-methyl/N-ethyl adjacent to an activating group) is 2. The number of rotatable bonds is 13. The Kier molecular flexibility index (Phi) is 15.0. The van der Waals surface area contributed by atoms with E-state index in [0.29, 0.717) is 62.6 Å². The Balaban J connectivity index is 1.13. The molecule has 17 heteroatoms. The van der Waals surface area contributed by atoms with Crippen molar-refractivity contribution in [3.05, 3.63) is 71.5 Å². The first-order chi connectivity index (χ1) is 33.4. The molecule has 0 radical (unpaired) electrons. The normalized spacial score (nSPS) is 22.4. The molecule has 3 saturated heterocycles. The molecule has 2 aromatic carbocycles. The summed E-state index contributed by atoms with van der Waals surface area (Å²) in [5, 5.41) is 16.7. The number of nitrogens with one attached hydrogen (secondary N) is 2. The molecule has 2 aromatic heterocycles. The summed E-state index contributed by atoms with van der Waals surface area (Å²) < 4.78 is 19.5. The average Bonchev–Trinajstić information content (AvgIpc) is 4.04. The smallest absolute Gasteiger partial charge is 0.324 e. The number of ether oxygens (including phenoxy) is 3. The quantitative estimate of drug-likeness (QED) is 0.124. The Hall–Kier alpha value is -5.88. The highest BCUT2D eigenvalue weighted by Crippen LogP contribution is 2.42. The summed E-state index contributed by atoms with van der Waals surface area (Å²) in [6, 6.07) is 12.1. The van der Waals surface area contributed by atoms with E-state index in [1.54, 1.807) is 32.5 Å². The molecular weight excluding hydrogens is 893 g/mol. The maximum Gasteiger partial charge on any atom is 0.324 e. The number of carbonyl (C=O) groups is 5. The number of aromatic nitrogens is 2. The second-order valence-electron chi connectivity index (χ2n) is 20.8. The zero-order valence-corrected chi connectivity index (χ0v) is 42.1. The highest BCUT2D eigenvalue weighted by molar-refractivity contribution is 5.96. The molecule has 0 spiro atoms. The Morgan fingerprint density at radius 3 is 2.53 bits per heavy atom. The van der Waals surface area contributed by atoms with Crippen molar-refractivity contribution < 1.29 is 43.3 Å². The molecule has 70 heavy (non-hydrogen) atoms. The summed E-state index contributed by atoms with van der Waals surface area (Å²) in [6.45, 7) is 15.5. The largest absolute Gasteiger partial charge is 0.508 e. The van der Waals surface area contributed by atoms with E-state index in [2.05, 4.69) is 59.2 Å². The third kappa shape index (κ3) is 10.7. The highest BCUT2D eigenvalue weighted by Gasteiger charge is 2.44. The lowest BCUT2D eigenvalue weighted by Crippen LogP contribution is -2.62. The first kappa shape index (κ1) is 50.5. The number of cyclic esters (lactones) is 1. The van der Waals surface area contributed by atoms with E-state index in [4.69, 9.17) is 19.2 Å². The van der Waals surface area contributed by atoms with Gasteiger partial charge in [-0.15, -0.1) is 0 Å². The average molecular weight is 963 g/mol. The fourth-order valence-electron chi connectivity index (χ4n) is 10.4. The van der Waals surface area contributed by atoms with Crippen molar-refractivity contribution in [2.75, 3.05) is 67.2 Å². The van der Waals surface area contributed by atoms with Gasteiger partial charge in [-0.05, 0) is 97.7 Å². The molecule has 376 valence electrons. The van der Waals surface area contributed by atoms with Gasteiger partial charge in [0.15, 0.2) is 0 Å². The van der Waals surface area contributed by atoms with E-state index in [9.17, 15) is 29.1 Å². The summed E-state index contributed by atoms with van der Waals surface area (Å²) in [4.78, 5) is 80.1. The van der Waals surface area contributed by atoms with Crippen molar-refractivity contribution in [1.82, 2.24) is 40.0 Å². The van der Waals surface area contributed by atoms with E-state index in [1.165, 1.54) is 21.9 Å². The Morgan fingerprint density at radius 1 is 1.06 bits per heavy atom. The number of aromatic hydroxyl groups is 1. The molecule has 3 N–H and O–H groups in total. The molecular formula is C53H70N8O9. The molecule has 1 unspecified atom stereocenters. The molecule has 6 heterocycles. The monoisotopic (exact) mass is 963 g/mol. The Labute approximate surface area is 410 Å². The van der Waals surface area contributed by atoms with E-state index in [1.807, 2.05) is 39.0 Å². The maximum atomic E-state index is 14.8. The molecule has 4 aromatic rings. The summed E-state index contributed by atoms with van der Waals surface area (Å²) in [6.07, 6.45) is 2.93. The van der Waals surface area contributed by atoms with E-state index in [-0.39, 0.29) is 55.8 Å². The number of aryl methyl sites for hydroxylation is 1. The first-order valence-corrected chi connectivity index (χ1v) is 24.7. The van der Waals surface area contributed by atoms with Crippen molar-refractivity contribution in [1.29, 1.82) is 0 Å². The van der Waals surface area contributed by atoms with Gasteiger partial charge >= 0.3 is 5.97 Å². The van der Waals surface area contributed by atoms with Crippen LogP contribution in [0.25, 0.3) is 33.3 Å². The minimum Gasteiger partial charge on any atom is -0.508 e. The lowest BCUT2D eigenvalue weighted by molar-refractivity contribution is -0.155. The van der Waals surface area contributed by atoms with Crippen LogP contribution in [0.2, 0.25) is 0 Å². The molecule has 6 atom stereocenters. The molecule has 8 rings (SSSR count). The summed E-state index contributed by atoms with van der Waals surface area (Å²) in [7, 11) is 4.81. The maximum absolute atomic E-state index is 14.8. The van der Waals surface area contributed by atoms with Gasteiger partial charge in [0.05, 0.1) is 43.9 Å². The number of hydrogen-bond acceptors (Lipinski definition) is 12. The number of nitrogens with zero attached hydrogens (tertiary/aromatic N) is 6. The van der Waals surface area contributed by atoms with Gasteiger partial charge < -0.3 is 39.0 Å². The second kappa shape index (κ2) is 20.8. The van der Waals surface area contributed by atoms with Crippen LogP contribution in [0.3, 0.4) is 0 Å². The van der Waals surface area contributed by atoms with Gasteiger partial charge in [-0.2, -0.15) is 0 Å². The number of hydrazine groups is 1. The summed E-state index contributed by atoms with van der Waals surface area (Å²) in [5.41, 5.74) is 9.49. The Bertz CT molecular complexity index is 2630. The van der Waals surface area contributed by atoms with Crippen LogP contribution in [0, 0.1) is 17.3 Å². The predicted molar refractivity (Wildman–Crippen MR) is 264 cm³/mol. The van der Waals surface area contributed by atoms with Gasteiger partial charge in [0.25, 0.3) is 5.91 Å². The van der Waals surface area contributed by atoms with E-state index >= 15 is 0 Å².